The molecule has 5 heteroatoms. The Morgan fingerprint density at radius 2 is 2.00 bits per heavy atom. The zero-order valence-corrected chi connectivity index (χ0v) is 12.8. The summed E-state index contributed by atoms with van der Waals surface area (Å²) in [5.41, 5.74) is 0. The Bertz CT molecular complexity index is 353. The summed E-state index contributed by atoms with van der Waals surface area (Å²) < 4.78 is 5.28. The Labute approximate surface area is 121 Å². The molecule has 0 aromatic rings. The topological polar surface area (TPSA) is 49.9 Å². The lowest BCUT2D eigenvalue weighted by Gasteiger charge is -2.22. The summed E-state index contributed by atoms with van der Waals surface area (Å²) in [4.78, 5) is 26.7. The Kier molecular flexibility index (Phi) is 7.30. The molecule has 5 nitrogen and oxygen atoms in total. The van der Waals surface area contributed by atoms with Crippen LogP contribution in [0.2, 0.25) is 0 Å². The maximum atomic E-state index is 12.0. The van der Waals surface area contributed by atoms with E-state index in [0.29, 0.717) is 19.1 Å². The second-order valence-corrected chi connectivity index (χ2v) is 5.55. The zero-order chi connectivity index (χ0) is 15.0. The first-order valence-electron chi connectivity index (χ1n) is 7.25. The molecule has 0 bridgehead atoms. The highest BCUT2D eigenvalue weighted by Crippen LogP contribution is 2.18. The molecule has 0 spiro atoms. The van der Waals surface area contributed by atoms with Crippen molar-refractivity contribution >= 4 is 12.0 Å². The van der Waals surface area contributed by atoms with E-state index in [2.05, 4.69) is 12.2 Å². The Morgan fingerprint density at radius 3 is 2.55 bits per heavy atom. The molecular formula is C15H26N2O3. The summed E-state index contributed by atoms with van der Waals surface area (Å²) in [6.07, 6.45) is 7.57. The number of ether oxygens (including phenoxy) is 1. The number of carbonyl (C=O) groups excluding carboxylic acids is 2. The Balaban J connectivity index is 2.35. The number of carbonyl (C=O) groups is 2. The molecule has 1 aliphatic carbocycles. The number of imide groups is 1. The van der Waals surface area contributed by atoms with Crippen LogP contribution < -0.4 is 0 Å². The predicted molar refractivity (Wildman–Crippen MR) is 78.4 cm³/mol. The number of rotatable bonds is 6. The standard InChI is InChI=1S/C15H26N2O3/c1-13(18)17(11-7-10-16(2)3)15(19)20-12-14-8-5-4-6-9-14/h4-5,14H,6-12H2,1-3H3. The van der Waals surface area contributed by atoms with E-state index in [9.17, 15) is 9.59 Å². The average molecular weight is 282 g/mol. The third-order valence-corrected chi connectivity index (χ3v) is 3.41. The van der Waals surface area contributed by atoms with Gasteiger partial charge in [-0.2, -0.15) is 0 Å². The molecule has 0 saturated carbocycles. The van der Waals surface area contributed by atoms with Gasteiger partial charge in [0.25, 0.3) is 0 Å². The number of hydrogen-bond acceptors (Lipinski definition) is 4. The maximum absolute atomic E-state index is 12.0. The van der Waals surface area contributed by atoms with E-state index in [1.807, 2.05) is 19.0 Å². The summed E-state index contributed by atoms with van der Waals surface area (Å²) in [6, 6.07) is 0. The van der Waals surface area contributed by atoms with Crippen LogP contribution in [-0.2, 0) is 9.53 Å². The summed E-state index contributed by atoms with van der Waals surface area (Å²) in [6.45, 7) is 3.06. The van der Waals surface area contributed by atoms with Gasteiger partial charge >= 0.3 is 6.09 Å². The van der Waals surface area contributed by atoms with Gasteiger partial charge < -0.3 is 9.64 Å². The first-order chi connectivity index (χ1) is 9.50. The third kappa shape index (κ3) is 6.19. The number of hydrogen-bond donors (Lipinski definition) is 0. The molecule has 0 radical (unpaired) electrons. The van der Waals surface area contributed by atoms with Crippen molar-refractivity contribution in [3.63, 3.8) is 0 Å². The summed E-state index contributed by atoms with van der Waals surface area (Å²) >= 11 is 0. The van der Waals surface area contributed by atoms with E-state index in [1.165, 1.54) is 11.8 Å². The lowest BCUT2D eigenvalue weighted by Crippen LogP contribution is -2.38. The molecule has 20 heavy (non-hydrogen) atoms. The minimum absolute atomic E-state index is 0.253. The molecule has 0 N–H and O–H groups in total. The minimum Gasteiger partial charge on any atom is -0.449 e. The van der Waals surface area contributed by atoms with Crippen molar-refractivity contribution in [3.8, 4) is 0 Å². The van der Waals surface area contributed by atoms with Crippen molar-refractivity contribution in [1.82, 2.24) is 9.80 Å². The van der Waals surface area contributed by atoms with Crippen molar-refractivity contribution < 1.29 is 14.3 Å². The van der Waals surface area contributed by atoms with Gasteiger partial charge in [0.15, 0.2) is 0 Å². The van der Waals surface area contributed by atoms with Crippen LogP contribution in [0.1, 0.15) is 32.6 Å². The van der Waals surface area contributed by atoms with Gasteiger partial charge in [-0.1, -0.05) is 12.2 Å². The quantitative estimate of drug-likeness (QED) is 0.701. The molecule has 0 aromatic carbocycles. The summed E-state index contributed by atoms with van der Waals surface area (Å²) in [5, 5.41) is 0. The fourth-order valence-corrected chi connectivity index (χ4v) is 2.20. The lowest BCUT2D eigenvalue weighted by atomic mass is 9.95. The smallest absolute Gasteiger partial charge is 0.416 e. The van der Waals surface area contributed by atoms with E-state index < -0.39 is 6.09 Å². The van der Waals surface area contributed by atoms with Gasteiger partial charge in [-0.3, -0.25) is 4.79 Å². The second kappa shape index (κ2) is 8.74. The highest BCUT2D eigenvalue weighted by Gasteiger charge is 2.21. The molecule has 0 aliphatic heterocycles. The molecule has 0 heterocycles. The molecule has 1 rings (SSSR count). The van der Waals surface area contributed by atoms with Crippen molar-refractivity contribution in [3.05, 3.63) is 12.2 Å². The number of allylic oxidation sites excluding steroid dienone is 2. The van der Waals surface area contributed by atoms with Crippen molar-refractivity contribution in [2.24, 2.45) is 5.92 Å². The monoisotopic (exact) mass is 282 g/mol. The summed E-state index contributed by atoms with van der Waals surface area (Å²) in [7, 11) is 3.93. The van der Waals surface area contributed by atoms with Crippen molar-refractivity contribution in [2.75, 3.05) is 33.8 Å². The van der Waals surface area contributed by atoms with Crippen molar-refractivity contribution in [1.29, 1.82) is 0 Å². The normalized spacial score (nSPS) is 18.1. The maximum Gasteiger partial charge on any atom is 0.416 e. The van der Waals surface area contributed by atoms with Gasteiger partial charge in [-0.05, 0) is 52.2 Å². The van der Waals surface area contributed by atoms with Crippen molar-refractivity contribution in [2.45, 2.75) is 32.6 Å². The van der Waals surface area contributed by atoms with Gasteiger partial charge in [-0.15, -0.1) is 0 Å². The second-order valence-electron chi connectivity index (χ2n) is 5.55. The van der Waals surface area contributed by atoms with E-state index in [-0.39, 0.29) is 5.91 Å². The first kappa shape index (κ1) is 16.7. The molecular weight excluding hydrogens is 256 g/mol. The van der Waals surface area contributed by atoms with Crippen LogP contribution in [0.4, 0.5) is 4.79 Å². The van der Waals surface area contributed by atoms with E-state index in [1.54, 1.807) is 0 Å². The van der Waals surface area contributed by atoms with E-state index in [4.69, 9.17) is 4.74 Å². The molecule has 1 aliphatic rings. The molecule has 0 fully saturated rings. The zero-order valence-electron chi connectivity index (χ0n) is 12.8. The molecule has 0 aromatic heterocycles. The molecule has 114 valence electrons. The summed E-state index contributed by atoms with van der Waals surface area (Å²) in [5.74, 6) is 0.136. The fraction of sp³-hybridized carbons (Fsp3) is 0.733. The molecule has 0 saturated heterocycles. The Morgan fingerprint density at radius 1 is 1.25 bits per heavy atom. The van der Waals surface area contributed by atoms with E-state index in [0.717, 1.165) is 32.2 Å². The van der Waals surface area contributed by atoms with Crippen LogP contribution >= 0.6 is 0 Å². The molecule has 2 amide bonds. The predicted octanol–water partition coefficient (Wildman–Crippen LogP) is 2.28. The molecule has 1 atom stereocenters. The third-order valence-electron chi connectivity index (χ3n) is 3.41. The fourth-order valence-electron chi connectivity index (χ4n) is 2.20. The SMILES string of the molecule is CC(=O)N(CCCN(C)C)C(=O)OCC1CC=CCC1. The van der Waals surface area contributed by atoms with Gasteiger partial charge in [0.05, 0.1) is 6.61 Å². The largest absolute Gasteiger partial charge is 0.449 e. The van der Waals surface area contributed by atoms with Gasteiger partial charge in [0.1, 0.15) is 0 Å². The van der Waals surface area contributed by atoms with Crippen LogP contribution in [0.25, 0.3) is 0 Å². The molecule has 1 unspecified atom stereocenters. The van der Waals surface area contributed by atoms with Crippen LogP contribution in [0.15, 0.2) is 12.2 Å². The number of nitrogens with zero attached hydrogens (tertiary/aromatic N) is 2. The van der Waals surface area contributed by atoms with Crippen LogP contribution in [0.3, 0.4) is 0 Å². The van der Waals surface area contributed by atoms with Gasteiger partial charge in [0, 0.05) is 13.5 Å². The van der Waals surface area contributed by atoms with Gasteiger partial charge in [0.2, 0.25) is 5.91 Å². The van der Waals surface area contributed by atoms with Gasteiger partial charge in [-0.25, -0.2) is 9.69 Å². The highest BCUT2D eigenvalue weighted by atomic mass is 16.6. The first-order valence-corrected chi connectivity index (χ1v) is 7.25. The van der Waals surface area contributed by atoms with Crippen LogP contribution in [0.5, 0.6) is 0 Å². The highest BCUT2D eigenvalue weighted by molar-refractivity contribution is 5.90. The minimum atomic E-state index is -0.509. The van der Waals surface area contributed by atoms with Crippen LogP contribution in [0, 0.1) is 5.92 Å². The number of amides is 2. The van der Waals surface area contributed by atoms with Crippen LogP contribution in [-0.4, -0.2) is 55.6 Å². The average Bonchev–Trinajstić information content (AvgIpc) is 2.41. The lowest BCUT2D eigenvalue weighted by molar-refractivity contribution is -0.127. The van der Waals surface area contributed by atoms with E-state index >= 15 is 0 Å². The Hall–Kier alpha value is -1.36.